The highest BCUT2D eigenvalue weighted by atomic mass is 35.5. The van der Waals surface area contributed by atoms with Crippen molar-refractivity contribution in [2.45, 2.75) is 39.8 Å². The van der Waals surface area contributed by atoms with Gasteiger partial charge in [0.2, 0.25) is 0 Å². The molecule has 3 nitrogen and oxygen atoms in total. The number of nitrogens with zero attached hydrogens (tertiary/aromatic N) is 1. The van der Waals surface area contributed by atoms with Gasteiger partial charge in [0.1, 0.15) is 17.9 Å². The Morgan fingerprint density at radius 2 is 2.00 bits per heavy atom. The molecule has 0 radical (unpaired) electrons. The molecule has 0 amide bonds. The second-order valence-electron chi connectivity index (χ2n) is 7.57. The number of rotatable bonds is 6. The second kappa shape index (κ2) is 6.63. The van der Waals surface area contributed by atoms with Crippen LogP contribution in [0.2, 0.25) is 5.02 Å². The number of ether oxygens (including phenoxy) is 1. The van der Waals surface area contributed by atoms with Gasteiger partial charge in [-0.2, -0.15) is 5.26 Å². The first-order chi connectivity index (χ1) is 11.1. The third-order valence-corrected chi connectivity index (χ3v) is 5.29. The summed E-state index contributed by atoms with van der Waals surface area (Å²) < 4.78 is 6.25. The summed E-state index contributed by atoms with van der Waals surface area (Å²) in [7, 11) is 0. The minimum absolute atomic E-state index is 0.0310. The van der Waals surface area contributed by atoms with Gasteiger partial charge in [0.15, 0.2) is 0 Å². The maximum absolute atomic E-state index is 8.98. The van der Waals surface area contributed by atoms with Crippen LogP contribution in [-0.2, 0) is 0 Å². The molecule has 1 fully saturated rings. The van der Waals surface area contributed by atoms with Crippen LogP contribution in [0.3, 0.4) is 0 Å². The van der Waals surface area contributed by atoms with Crippen LogP contribution in [-0.4, -0.2) is 18.7 Å². The predicted octanol–water partition coefficient (Wildman–Crippen LogP) is 4.73. The third-order valence-electron chi connectivity index (χ3n) is 4.98. The van der Waals surface area contributed by atoms with Crippen LogP contribution in [0.15, 0.2) is 43.0 Å². The molecular formula is C20H25ClN2O. The van der Waals surface area contributed by atoms with Crippen molar-refractivity contribution in [1.82, 2.24) is 5.32 Å². The number of benzene rings is 1. The summed E-state index contributed by atoms with van der Waals surface area (Å²) in [6, 6.07) is 7.57. The number of nitrogens with one attached hydrogen (secondary N) is 1. The van der Waals surface area contributed by atoms with Gasteiger partial charge in [0.05, 0.1) is 10.6 Å². The van der Waals surface area contributed by atoms with Gasteiger partial charge in [-0.3, -0.25) is 0 Å². The largest absolute Gasteiger partial charge is 0.489 e. The van der Waals surface area contributed by atoms with E-state index in [1.54, 1.807) is 24.3 Å². The lowest BCUT2D eigenvalue weighted by Crippen LogP contribution is -2.74. The van der Waals surface area contributed by atoms with Crippen LogP contribution in [0, 0.1) is 22.2 Å². The molecule has 1 aromatic rings. The lowest BCUT2D eigenvalue weighted by atomic mass is 9.49. The molecule has 1 saturated carbocycles. The zero-order valence-corrected chi connectivity index (χ0v) is 15.6. The van der Waals surface area contributed by atoms with Crippen LogP contribution in [0.4, 0.5) is 0 Å². The van der Waals surface area contributed by atoms with E-state index in [4.69, 9.17) is 21.6 Å². The highest BCUT2D eigenvalue weighted by Crippen LogP contribution is 2.55. The van der Waals surface area contributed by atoms with Crippen molar-refractivity contribution in [2.24, 2.45) is 10.8 Å². The lowest BCUT2D eigenvalue weighted by Gasteiger charge is -2.63. The van der Waals surface area contributed by atoms with E-state index in [1.807, 2.05) is 0 Å². The SMILES string of the molecule is C=CC(=C)CN[C@H]1C(C)(C)[C@H](Oc2ccc(C#N)c(Cl)c2)C1(C)C. The maximum atomic E-state index is 8.98. The molecule has 1 aromatic carbocycles. The summed E-state index contributed by atoms with van der Waals surface area (Å²) in [5, 5.41) is 13.0. The molecular weight excluding hydrogens is 320 g/mol. The minimum Gasteiger partial charge on any atom is -0.489 e. The van der Waals surface area contributed by atoms with Crippen molar-refractivity contribution in [3.05, 3.63) is 53.6 Å². The van der Waals surface area contributed by atoms with E-state index in [2.05, 4.69) is 52.2 Å². The quantitative estimate of drug-likeness (QED) is 0.759. The molecule has 0 aromatic heterocycles. The molecule has 0 atom stereocenters. The summed E-state index contributed by atoms with van der Waals surface area (Å²) in [4.78, 5) is 0. The smallest absolute Gasteiger partial charge is 0.121 e. The van der Waals surface area contributed by atoms with E-state index in [1.165, 1.54) is 0 Å². The maximum Gasteiger partial charge on any atom is 0.121 e. The number of nitriles is 1. The molecule has 1 N–H and O–H groups in total. The van der Waals surface area contributed by atoms with Gasteiger partial charge in [-0.15, -0.1) is 0 Å². The topological polar surface area (TPSA) is 45.0 Å². The van der Waals surface area contributed by atoms with E-state index < -0.39 is 0 Å². The fraction of sp³-hybridized carbons (Fsp3) is 0.450. The van der Waals surface area contributed by atoms with Gasteiger partial charge in [-0.25, -0.2) is 0 Å². The number of hydrogen-bond acceptors (Lipinski definition) is 3. The molecule has 0 bridgehead atoms. The Bertz CT molecular complexity index is 684. The van der Waals surface area contributed by atoms with E-state index in [9.17, 15) is 0 Å². The highest BCUT2D eigenvalue weighted by Gasteiger charge is 2.63. The van der Waals surface area contributed by atoms with Gasteiger partial charge in [-0.1, -0.05) is 58.5 Å². The minimum atomic E-state index is -0.0503. The standard InChI is InChI=1S/C20H25ClN2O/c1-7-13(2)12-23-17-19(3,4)18(20(17,5)6)24-15-9-8-14(11-22)16(21)10-15/h7-10,17-18,23H,1-2,12H2,3-6H3/t17-,18-. The summed E-state index contributed by atoms with van der Waals surface area (Å²) in [6.07, 6.45) is 1.81. The summed E-state index contributed by atoms with van der Waals surface area (Å²) >= 11 is 6.11. The molecule has 0 aliphatic heterocycles. The van der Waals surface area contributed by atoms with Gasteiger partial charge in [-0.05, 0) is 17.7 Å². The van der Waals surface area contributed by atoms with Gasteiger partial charge in [0, 0.05) is 29.5 Å². The molecule has 0 unspecified atom stereocenters. The average Bonchev–Trinajstić information content (AvgIpc) is 2.51. The lowest BCUT2D eigenvalue weighted by molar-refractivity contribution is -0.167. The molecule has 0 saturated heterocycles. The zero-order valence-electron chi connectivity index (χ0n) is 14.8. The Labute approximate surface area is 150 Å². The summed E-state index contributed by atoms with van der Waals surface area (Å²) in [5.41, 5.74) is 1.33. The Morgan fingerprint density at radius 3 is 2.50 bits per heavy atom. The zero-order chi connectivity index (χ0) is 18.1. The first kappa shape index (κ1) is 18.6. The Hall–Kier alpha value is -1.76. The van der Waals surface area contributed by atoms with Crippen molar-refractivity contribution < 1.29 is 4.74 Å². The van der Waals surface area contributed by atoms with Gasteiger partial charge in [0.25, 0.3) is 0 Å². The predicted molar refractivity (Wildman–Crippen MR) is 99.3 cm³/mol. The van der Waals surface area contributed by atoms with Crippen molar-refractivity contribution in [1.29, 1.82) is 5.26 Å². The molecule has 24 heavy (non-hydrogen) atoms. The Balaban J connectivity index is 2.14. The second-order valence-corrected chi connectivity index (χ2v) is 7.98. The summed E-state index contributed by atoms with van der Waals surface area (Å²) in [6.45, 7) is 17.2. The van der Waals surface area contributed by atoms with Gasteiger partial charge < -0.3 is 10.1 Å². The highest BCUT2D eigenvalue weighted by molar-refractivity contribution is 6.31. The van der Waals surface area contributed by atoms with Crippen molar-refractivity contribution >= 4 is 11.6 Å². The van der Waals surface area contributed by atoms with Gasteiger partial charge >= 0.3 is 0 Å². The van der Waals surface area contributed by atoms with Crippen molar-refractivity contribution in [2.75, 3.05) is 6.54 Å². The Morgan fingerprint density at radius 1 is 1.38 bits per heavy atom. The molecule has 1 aliphatic carbocycles. The van der Waals surface area contributed by atoms with Crippen LogP contribution < -0.4 is 10.1 Å². The van der Waals surface area contributed by atoms with Crippen LogP contribution in [0.1, 0.15) is 33.3 Å². The molecule has 128 valence electrons. The first-order valence-corrected chi connectivity index (χ1v) is 8.42. The average molecular weight is 345 g/mol. The fourth-order valence-electron chi connectivity index (χ4n) is 4.06. The van der Waals surface area contributed by atoms with E-state index in [0.717, 1.165) is 12.1 Å². The number of halogens is 1. The molecule has 2 rings (SSSR count). The monoisotopic (exact) mass is 344 g/mol. The van der Waals surface area contributed by atoms with Crippen molar-refractivity contribution in [3.8, 4) is 11.8 Å². The van der Waals surface area contributed by atoms with E-state index in [0.29, 0.717) is 22.4 Å². The third kappa shape index (κ3) is 3.22. The van der Waals surface area contributed by atoms with Crippen LogP contribution in [0.25, 0.3) is 0 Å². The van der Waals surface area contributed by atoms with Crippen molar-refractivity contribution in [3.63, 3.8) is 0 Å². The fourth-order valence-corrected chi connectivity index (χ4v) is 4.27. The summed E-state index contributed by atoms with van der Waals surface area (Å²) in [5.74, 6) is 0.694. The molecule has 4 heteroatoms. The van der Waals surface area contributed by atoms with Crippen LogP contribution in [0.5, 0.6) is 5.75 Å². The Kier molecular flexibility index (Phi) is 5.13. The molecule has 0 spiro atoms. The van der Waals surface area contributed by atoms with E-state index >= 15 is 0 Å². The molecule has 0 heterocycles. The van der Waals surface area contributed by atoms with Crippen LogP contribution >= 0.6 is 11.6 Å². The first-order valence-electron chi connectivity index (χ1n) is 8.04. The number of hydrogen-bond donors (Lipinski definition) is 1. The molecule has 1 aliphatic rings. The van der Waals surface area contributed by atoms with E-state index in [-0.39, 0.29) is 16.9 Å². The normalized spacial score (nSPS) is 23.7.